The Balaban J connectivity index is 1.55. The quantitative estimate of drug-likeness (QED) is 0.292. The van der Waals surface area contributed by atoms with Crippen molar-refractivity contribution in [1.82, 2.24) is 14.8 Å². The summed E-state index contributed by atoms with van der Waals surface area (Å²) in [5.74, 6) is 0.492. The van der Waals surface area contributed by atoms with E-state index in [2.05, 4.69) is 15.5 Å². The van der Waals surface area contributed by atoms with Crippen LogP contribution < -0.4 is 10.1 Å². The maximum absolute atomic E-state index is 13.6. The third-order valence-corrected chi connectivity index (χ3v) is 6.22. The van der Waals surface area contributed by atoms with Crippen molar-refractivity contribution in [2.45, 2.75) is 25.1 Å². The predicted octanol–water partition coefficient (Wildman–Crippen LogP) is 6.24. The standard InChI is InChI=1S/C25H22ClFN4O2S/c1-16-12-13-18(27)14-21(16)28-23(32)15-34-25-30-29-24(31(25)19-8-4-3-5-9-19)17(2)33-22-11-7-6-10-20(22)26/h3-14,17H,15H2,1-2H3,(H,28,32). The molecule has 0 spiro atoms. The number of nitrogens with one attached hydrogen (secondary N) is 1. The first-order chi connectivity index (χ1) is 16.4. The van der Waals surface area contributed by atoms with Gasteiger partial charge in [-0.25, -0.2) is 4.39 Å². The Morgan fingerprint density at radius 1 is 1.12 bits per heavy atom. The smallest absolute Gasteiger partial charge is 0.234 e. The van der Waals surface area contributed by atoms with E-state index in [9.17, 15) is 9.18 Å². The normalized spacial score (nSPS) is 11.8. The third kappa shape index (κ3) is 5.58. The summed E-state index contributed by atoms with van der Waals surface area (Å²) in [7, 11) is 0. The zero-order valence-electron chi connectivity index (χ0n) is 18.5. The molecule has 0 aliphatic heterocycles. The number of nitrogens with zero attached hydrogens (tertiary/aromatic N) is 3. The molecule has 0 aliphatic carbocycles. The average Bonchev–Trinajstić information content (AvgIpc) is 3.26. The van der Waals surface area contributed by atoms with E-state index in [-0.39, 0.29) is 11.7 Å². The first kappa shape index (κ1) is 23.8. The molecule has 6 nitrogen and oxygen atoms in total. The van der Waals surface area contributed by atoms with Crippen LogP contribution in [0.25, 0.3) is 5.69 Å². The number of carbonyl (C=O) groups excluding carboxylic acids is 1. The number of benzene rings is 3. The number of aryl methyl sites for hydroxylation is 1. The van der Waals surface area contributed by atoms with Crippen molar-refractivity contribution in [3.05, 3.63) is 95.0 Å². The zero-order chi connectivity index (χ0) is 24.1. The summed E-state index contributed by atoms with van der Waals surface area (Å²) >= 11 is 7.48. The van der Waals surface area contributed by atoms with E-state index in [1.54, 1.807) is 25.1 Å². The molecule has 1 aromatic heterocycles. The minimum absolute atomic E-state index is 0.0701. The SMILES string of the molecule is Cc1ccc(F)cc1NC(=O)CSc1nnc(C(C)Oc2ccccc2Cl)n1-c1ccccc1. The molecule has 1 heterocycles. The molecule has 0 saturated carbocycles. The molecule has 9 heteroatoms. The topological polar surface area (TPSA) is 69.0 Å². The summed E-state index contributed by atoms with van der Waals surface area (Å²) < 4.78 is 21.5. The van der Waals surface area contributed by atoms with Gasteiger partial charge in [-0.3, -0.25) is 9.36 Å². The number of halogens is 2. The van der Waals surface area contributed by atoms with E-state index in [1.165, 1.54) is 23.9 Å². The Kier molecular flexibility index (Phi) is 7.49. The molecule has 1 N–H and O–H groups in total. The number of carbonyl (C=O) groups is 1. The van der Waals surface area contributed by atoms with Gasteiger partial charge < -0.3 is 10.1 Å². The first-order valence-corrected chi connectivity index (χ1v) is 11.9. The zero-order valence-corrected chi connectivity index (χ0v) is 20.1. The lowest BCUT2D eigenvalue weighted by Gasteiger charge is -2.17. The van der Waals surface area contributed by atoms with Crippen molar-refractivity contribution in [1.29, 1.82) is 0 Å². The molecule has 34 heavy (non-hydrogen) atoms. The molecular weight excluding hydrogens is 475 g/mol. The fourth-order valence-electron chi connectivity index (χ4n) is 3.29. The molecule has 0 bridgehead atoms. The molecule has 0 fully saturated rings. The highest BCUT2D eigenvalue weighted by Crippen LogP contribution is 2.31. The molecule has 0 aliphatic rings. The van der Waals surface area contributed by atoms with Gasteiger partial charge in [-0.15, -0.1) is 10.2 Å². The van der Waals surface area contributed by atoms with Crippen LogP contribution in [0.3, 0.4) is 0 Å². The van der Waals surface area contributed by atoms with Gasteiger partial charge in [-0.2, -0.15) is 0 Å². The lowest BCUT2D eigenvalue weighted by atomic mass is 10.2. The molecule has 174 valence electrons. The van der Waals surface area contributed by atoms with Gasteiger partial charge in [0.1, 0.15) is 11.6 Å². The Bertz CT molecular complexity index is 1300. The van der Waals surface area contributed by atoms with Crippen molar-refractivity contribution < 1.29 is 13.9 Å². The van der Waals surface area contributed by atoms with E-state index in [1.807, 2.05) is 54.0 Å². The highest BCUT2D eigenvalue weighted by Gasteiger charge is 2.22. The van der Waals surface area contributed by atoms with Crippen LogP contribution in [0, 0.1) is 12.7 Å². The molecule has 1 atom stereocenters. The maximum Gasteiger partial charge on any atom is 0.234 e. The number of amides is 1. The predicted molar refractivity (Wildman–Crippen MR) is 132 cm³/mol. The van der Waals surface area contributed by atoms with Gasteiger partial charge in [0.05, 0.1) is 10.8 Å². The summed E-state index contributed by atoms with van der Waals surface area (Å²) in [5.41, 5.74) is 2.05. The molecule has 4 aromatic rings. The van der Waals surface area contributed by atoms with Crippen LogP contribution in [0.4, 0.5) is 10.1 Å². The highest BCUT2D eigenvalue weighted by atomic mass is 35.5. The van der Waals surface area contributed by atoms with Crippen LogP contribution in [0.5, 0.6) is 5.75 Å². The average molecular weight is 497 g/mol. The van der Waals surface area contributed by atoms with Crippen LogP contribution in [-0.4, -0.2) is 26.4 Å². The largest absolute Gasteiger partial charge is 0.481 e. The molecule has 0 saturated heterocycles. The number of thioether (sulfide) groups is 1. The number of rotatable bonds is 8. The van der Waals surface area contributed by atoms with Crippen molar-refractivity contribution in [2.24, 2.45) is 0 Å². The van der Waals surface area contributed by atoms with E-state index >= 15 is 0 Å². The summed E-state index contributed by atoms with van der Waals surface area (Å²) in [6.07, 6.45) is -0.467. The number of aromatic nitrogens is 3. The van der Waals surface area contributed by atoms with Crippen molar-refractivity contribution in [2.75, 3.05) is 11.1 Å². The van der Waals surface area contributed by atoms with Gasteiger partial charge in [0.2, 0.25) is 5.91 Å². The van der Waals surface area contributed by atoms with Gasteiger partial charge in [-0.05, 0) is 55.8 Å². The second-order valence-electron chi connectivity index (χ2n) is 7.50. The summed E-state index contributed by atoms with van der Waals surface area (Å²) in [6.45, 7) is 3.67. The summed E-state index contributed by atoms with van der Waals surface area (Å²) in [4.78, 5) is 12.6. The van der Waals surface area contributed by atoms with E-state index in [4.69, 9.17) is 16.3 Å². The molecule has 3 aromatic carbocycles. The number of hydrogen-bond donors (Lipinski definition) is 1. The minimum Gasteiger partial charge on any atom is -0.481 e. The van der Waals surface area contributed by atoms with Crippen LogP contribution in [-0.2, 0) is 4.79 Å². The Hall–Kier alpha value is -3.36. The van der Waals surface area contributed by atoms with Gasteiger partial charge in [0, 0.05) is 11.4 Å². The van der Waals surface area contributed by atoms with Crippen molar-refractivity contribution in [3.63, 3.8) is 0 Å². The highest BCUT2D eigenvalue weighted by molar-refractivity contribution is 7.99. The van der Waals surface area contributed by atoms with Crippen LogP contribution >= 0.6 is 23.4 Å². The van der Waals surface area contributed by atoms with Gasteiger partial charge >= 0.3 is 0 Å². The Morgan fingerprint density at radius 2 is 1.85 bits per heavy atom. The van der Waals surface area contributed by atoms with Crippen molar-refractivity contribution >= 4 is 35.0 Å². The number of anilines is 1. The van der Waals surface area contributed by atoms with Crippen LogP contribution in [0.2, 0.25) is 5.02 Å². The van der Waals surface area contributed by atoms with Gasteiger partial charge in [0.25, 0.3) is 0 Å². The molecule has 1 amide bonds. The molecule has 1 unspecified atom stereocenters. The second kappa shape index (κ2) is 10.7. The Morgan fingerprint density at radius 3 is 2.62 bits per heavy atom. The summed E-state index contributed by atoms with van der Waals surface area (Å²) in [6, 6.07) is 21.1. The fourth-order valence-corrected chi connectivity index (χ4v) is 4.23. The van der Waals surface area contributed by atoms with E-state index in [0.717, 1.165) is 11.3 Å². The lowest BCUT2D eigenvalue weighted by Crippen LogP contribution is -2.16. The summed E-state index contributed by atoms with van der Waals surface area (Å²) in [5, 5.41) is 12.4. The molecule has 0 radical (unpaired) electrons. The van der Waals surface area contributed by atoms with Gasteiger partial charge in [-0.1, -0.05) is 59.8 Å². The monoisotopic (exact) mass is 496 g/mol. The van der Waals surface area contributed by atoms with Crippen LogP contribution in [0.1, 0.15) is 24.4 Å². The Labute approximate surface area is 206 Å². The number of hydrogen-bond acceptors (Lipinski definition) is 5. The first-order valence-electron chi connectivity index (χ1n) is 10.5. The lowest BCUT2D eigenvalue weighted by molar-refractivity contribution is -0.113. The van der Waals surface area contributed by atoms with E-state index < -0.39 is 11.9 Å². The van der Waals surface area contributed by atoms with E-state index in [0.29, 0.717) is 27.4 Å². The number of para-hydroxylation sites is 2. The molecular formula is C25H22ClFN4O2S. The molecule has 4 rings (SSSR count). The number of ether oxygens (including phenoxy) is 1. The second-order valence-corrected chi connectivity index (χ2v) is 8.85. The van der Waals surface area contributed by atoms with Crippen molar-refractivity contribution in [3.8, 4) is 11.4 Å². The third-order valence-electron chi connectivity index (χ3n) is 4.98. The minimum atomic E-state index is -0.467. The fraction of sp³-hybridized carbons (Fsp3) is 0.160. The van der Waals surface area contributed by atoms with Gasteiger partial charge in [0.15, 0.2) is 17.1 Å². The maximum atomic E-state index is 13.6. The van der Waals surface area contributed by atoms with Crippen LogP contribution in [0.15, 0.2) is 78.0 Å².